The summed E-state index contributed by atoms with van der Waals surface area (Å²) in [6.45, 7) is 5.90. The average Bonchev–Trinajstić information content (AvgIpc) is 2.34. The minimum absolute atomic E-state index is 0. The van der Waals surface area contributed by atoms with Crippen LogP contribution in [-0.2, 0) is 4.79 Å². The molecule has 0 atom stereocenters. The first kappa shape index (κ1) is 18.1. The third-order valence-corrected chi connectivity index (χ3v) is 3.22. The molecule has 112 valence electrons. The second-order valence-electron chi connectivity index (χ2n) is 4.68. The van der Waals surface area contributed by atoms with Gasteiger partial charge in [-0.1, -0.05) is 6.92 Å². The molecular weight excluding hydrogens is 268 g/mol. The first-order valence-electron chi connectivity index (χ1n) is 6.67. The standard InChI is InChI=1S/C12H24N4O2.ClH/c1-2-8-16(10-3-6-14-7-4-10)9-5-11(17)15-12(13)18;/h10,14H,2-9H2,1H3,(H3,13,15,17,18);1H. The van der Waals surface area contributed by atoms with Crippen molar-refractivity contribution < 1.29 is 9.59 Å². The number of urea groups is 1. The summed E-state index contributed by atoms with van der Waals surface area (Å²) in [6, 6.07) is -0.225. The Morgan fingerprint density at radius 3 is 2.47 bits per heavy atom. The number of piperidine rings is 1. The van der Waals surface area contributed by atoms with E-state index >= 15 is 0 Å². The highest BCUT2D eigenvalue weighted by Crippen LogP contribution is 2.12. The van der Waals surface area contributed by atoms with Crippen molar-refractivity contribution in [2.45, 2.75) is 38.6 Å². The molecule has 1 heterocycles. The third-order valence-electron chi connectivity index (χ3n) is 3.22. The highest BCUT2D eigenvalue weighted by Gasteiger charge is 2.20. The molecule has 0 aromatic heterocycles. The molecule has 1 fully saturated rings. The maximum Gasteiger partial charge on any atom is 0.318 e. The van der Waals surface area contributed by atoms with Crippen molar-refractivity contribution in [3.63, 3.8) is 0 Å². The molecule has 1 aliphatic rings. The van der Waals surface area contributed by atoms with Crippen LogP contribution in [0.3, 0.4) is 0 Å². The number of rotatable bonds is 6. The van der Waals surface area contributed by atoms with Crippen LogP contribution in [0.25, 0.3) is 0 Å². The predicted molar refractivity (Wildman–Crippen MR) is 77.3 cm³/mol. The summed E-state index contributed by atoms with van der Waals surface area (Å²) in [7, 11) is 0. The van der Waals surface area contributed by atoms with Crippen LogP contribution in [0.4, 0.5) is 4.79 Å². The molecule has 7 heteroatoms. The lowest BCUT2D eigenvalue weighted by molar-refractivity contribution is -0.120. The Hall–Kier alpha value is -0.850. The summed E-state index contributed by atoms with van der Waals surface area (Å²) in [5, 5.41) is 5.44. The minimum atomic E-state index is -0.774. The van der Waals surface area contributed by atoms with Crippen LogP contribution in [0.5, 0.6) is 0 Å². The van der Waals surface area contributed by atoms with E-state index in [-0.39, 0.29) is 18.3 Å². The molecule has 3 amide bonds. The van der Waals surface area contributed by atoms with E-state index in [9.17, 15) is 9.59 Å². The van der Waals surface area contributed by atoms with E-state index in [0.29, 0.717) is 19.0 Å². The second-order valence-corrected chi connectivity index (χ2v) is 4.68. The van der Waals surface area contributed by atoms with E-state index in [1.165, 1.54) is 0 Å². The highest BCUT2D eigenvalue weighted by atomic mass is 35.5. The summed E-state index contributed by atoms with van der Waals surface area (Å²) < 4.78 is 0. The van der Waals surface area contributed by atoms with Crippen molar-refractivity contribution in [3.05, 3.63) is 0 Å². The molecule has 0 radical (unpaired) electrons. The van der Waals surface area contributed by atoms with Crippen LogP contribution in [0.15, 0.2) is 0 Å². The molecule has 0 aromatic carbocycles. The van der Waals surface area contributed by atoms with Crippen molar-refractivity contribution in [2.24, 2.45) is 5.73 Å². The molecule has 0 unspecified atom stereocenters. The number of primary amides is 1. The number of carbonyl (C=O) groups is 2. The molecule has 0 saturated carbocycles. The molecule has 19 heavy (non-hydrogen) atoms. The zero-order valence-electron chi connectivity index (χ0n) is 11.5. The predicted octanol–water partition coefficient (Wildman–Crippen LogP) is 0.457. The minimum Gasteiger partial charge on any atom is -0.351 e. The van der Waals surface area contributed by atoms with Crippen molar-refractivity contribution in [2.75, 3.05) is 26.2 Å². The van der Waals surface area contributed by atoms with Crippen LogP contribution in [-0.4, -0.2) is 49.1 Å². The van der Waals surface area contributed by atoms with Gasteiger partial charge in [0, 0.05) is 19.0 Å². The topological polar surface area (TPSA) is 87.5 Å². The summed E-state index contributed by atoms with van der Waals surface area (Å²) in [6.07, 6.45) is 3.64. The number of nitrogens with zero attached hydrogens (tertiary/aromatic N) is 1. The van der Waals surface area contributed by atoms with Gasteiger partial charge in [0.05, 0.1) is 0 Å². The van der Waals surface area contributed by atoms with E-state index in [1.54, 1.807) is 0 Å². The number of nitrogens with one attached hydrogen (secondary N) is 2. The summed E-state index contributed by atoms with van der Waals surface area (Å²) in [5.74, 6) is -0.294. The first-order chi connectivity index (χ1) is 8.63. The van der Waals surface area contributed by atoms with Crippen molar-refractivity contribution in [1.82, 2.24) is 15.5 Å². The van der Waals surface area contributed by atoms with E-state index in [2.05, 4.69) is 22.5 Å². The lowest BCUT2D eigenvalue weighted by Gasteiger charge is -2.34. The number of hydrogen-bond acceptors (Lipinski definition) is 4. The maximum absolute atomic E-state index is 11.4. The van der Waals surface area contributed by atoms with Gasteiger partial charge in [-0.3, -0.25) is 15.0 Å². The van der Waals surface area contributed by atoms with Crippen molar-refractivity contribution >= 4 is 24.3 Å². The zero-order chi connectivity index (χ0) is 13.4. The van der Waals surface area contributed by atoms with Gasteiger partial charge in [0.1, 0.15) is 0 Å². The summed E-state index contributed by atoms with van der Waals surface area (Å²) in [5.41, 5.74) is 4.91. The lowest BCUT2D eigenvalue weighted by atomic mass is 10.0. The number of imide groups is 1. The number of carbonyl (C=O) groups excluding carboxylic acids is 2. The molecule has 0 aliphatic carbocycles. The van der Waals surface area contributed by atoms with Crippen molar-refractivity contribution in [3.8, 4) is 0 Å². The van der Waals surface area contributed by atoms with Gasteiger partial charge in [0.2, 0.25) is 5.91 Å². The molecular formula is C12H25ClN4O2. The summed E-state index contributed by atoms with van der Waals surface area (Å²) in [4.78, 5) is 24.3. The molecule has 0 aromatic rings. The van der Waals surface area contributed by atoms with E-state index in [4.69, 9.17) is 5.73 Å². The lowest BCUT2D eigenvalue weighted by Crippen LogP contribution is -2.45. The fourth-order valence-electron chi connectivity index (χ4n) is 2.38. The van der Waals surface area contributed by atoms with Crippen molar-refractivity contribution in [1.29, 1.82) is 0 Å². The average molecular weight is 293 g/mol. The molecule has 1 rings (SSSR count). The van der Waals surface area contributed by atoms with E-state index in [1.807, 2.05) is 0 Å². The Kier molecular flexibility index (Phi) is 9.55. The number of hydrogen-bond donors (Lipinski definition) is 3. The number of halogens is 1. The Morgan fingerprint density at radius 1 is 1.32 bits per heavy atom. The highest BCUT2D eigenvalue weighted by molar-refractivity contribution is 5.93. The van der Waals surface area contributed by atoms with Crippen LogP contribution >= 0.6 is 12.4 Å². The molecule has 1 aliphatic heterocycles. The van der Waals surface area contributed by atoms with Crippen LogP contribution in [0.1, 0.15) is 32.6 Å². The monoisotopic (exact) mass is 292 g/mol. The third kappa shape index (κ3) is 7.34. The molecule has 6 nitrogen and oxygen atoms in total. The fraction of sp³-hybridized carbons (Fsp3) is 0.833. The van der Waals surface area contributed by atoms with Gasteiger partial charge < -0.3 is 11.1 Å². The van der Waals surface area contributed by atoms with Gasteiger partial charge in [0.15, 0.2) is 0 Å². The quantitative estimate of drug-likeness (QED) is 0.664. The largest absolute Gasteiger partial charge is 0.351 e. The smallest absolute Gasteiger partial charge is 0.318 e. The second kappa shape index (κ2) is 10.00. The Balaban J connectivity index is 0.00000324. The maximum atomic E-state index is 11.4. The van der Waals surface area contributed by atoms with Crippen LogP contribution < -0.4 is 16.4 Å². The Morgan fingerprint density at radius 2 is 1.95 bits per heavy atom. The Bertz CT molecular complexity index is 283. The molecule has 1 saturated heterocycles. The van der Waals surface area contributed by atoms with Gasteiger partial charge in [-0.25, -0.2) is 4.79 Å². The van der Waals surface area contributed by atoms with E-state index in [0.717, 1.165) is 38.9 Å². The normalized spacial score (nSPS) is 15.9. The zero-order valence-corrected chi connectivity index (χ0v) is 12.3. The molecule has 4 N–H and O–H groups in total. The van der Waals surface area contributed by atoms with Gasteiger partial charge in [0.25, 0.3) is 0 Å². The summed E-state index contributed by atoms with van der Waals surface area (Å²) >= 11 is 0. The van der Waals surface area contributed by atoms with Gasteiger partial charge in [-0.15, -0.1) is 12.4 Å². The first-order valence-corrected chi connectivity index (χ1v) is 6.67. The number of nitrogens with two attached hydrogens (primary N) is 1. The van der Waals surface area contributed by atoms with Gasteiger partial charge >= 0.3 is 6.03 Å². The van der Waals surface area contributed by atoms with Crippen LogP contribution in [0, 0.1) is 0 Å². The SMILES string of the molecule is CCCN(CCC(=O)NC(N)=O)C1CCNCC1.Cl. The Labute approximate surface area is 120 Å². The number of amides is 3. The molecule has 0 bridgehead atoms. The van der Waals surface area contributed by atoms with Crippen LogP contribution in [0.2, 0.25) is 0 Å². The van der Waals surface area contributed by atoms with E-state index < -0.39 is 6.03 Å². The molecule has 0 spiro atoms. The van der Waals surface area contributed by atoms with Gasteiger partial charge in [-0.2, -0.15) is 0 Å². The fourth-order valence-corrected chi connectivity index (χ4v) is 2.38. The van der Waals surface area contributed by atoms with Gasteiger partial charge in [-0.05, 0) is 38.9 Å².